The fraction of sp³-hybridized carbons (Fsp3) is 1.00. The Labute approximate surface area is 111 Å². The maximum atomic E-state index is 5.98. The van der Waals surface area contributed by atoms with E-state index < -0.39 is 0 Å². The minimum atomic E-state index is 0.259. The fourth-order valence-corrected chi connectivity index (χ4v) is 3.42. The molecule has 2 unspecified atom stereocenters. The SMILES string of the molecule is CC(C)N1CCOC(C(NN)C2CCCCC2)C1. The van der Waals surface area contributed by atoms with Crippen LogP contribution in [0.3, 0.4) is 0 Å². The Morgan fingerprint density at radius 3 is 2.56 bits per heavy atom. The highest BCUT2D eigenvalue weighted by molar-refractivity contribution is 4.88. The van der Waals surface area contributed by atoms with Crippen molar-refractivity contribution < 1.29 is 4.74 Å². The summed E-state index contributed by atoms with van der Waals surface area (Å²) in [6.07, 6.45) is 6.95. The molecule has 4 nitrogen and oxygen atoms in total. The number of hydrogen-bond donors (Lipinski definition) is 2. The first-order valence-electron chi connectivity index (χ1n) is 7.54. The molecule has 1 saturated carbocycles. The quantitative estimate of drug-likeness (QED) is 0.590. The second kappa shape index (κ2) is 6.85. The molecular weight excluding hydrogens is 226 g/mol. The molecular formula is C14H29N3O. The van der Waals surface area contributed by atoms with E-state index in [1.54, 1.807) is 0 Å². The molecule has 1 heterocycles. The maximum Gasteiger partial charge on any atom is 0.0871 e. The summed E-state index contributed by atoms with van der Waals surface area (Å²) in [4.78, 5) is 2.50. The summed E-state index contributed by atoms with van der Waals surface area (Å²) in [7, 11) is 0. The highest BCUT2D eigenvalue weighted by Gasteiger charge is 2.34. The van der Waals surface area contributed by atoms with Gasteiger partial charge < -0.3 is 4.74 Å². The predicted molar refractivity (Wildman–Crippen MR) is 74.1 cm³/mol. The number of hydrogen-bond acceptors (Lipinski definition) is 4. The largest absolute Gasteiger partial charge is 0.374 e. The van der Waals surface area contributed by atoms with Gasteiger partial charge in [-0.25, -0.2) is 0 Å². The summed E-state index contributed by atoms with van der Waals surface area (Å²) < 4.78 is 5.98. The molecule has 106 valence electrons. The Morgan fingerprint density at radius 1 is 1.22 bits per heavy atom. The lowest BCUT2D eigenvalue weighted by Crippen LogP contribution is -2.58. The van der Waals surface area contributed by atoms with Gasteiger partial charge in [0.25, 0.3) is 0 Å². The molecule has 0 aromatic heterocycles. The summed E-state index contributed by atoms with van der Waals surface area (Å²) >= 11 is 0. The molecule has 2 atom stereocenters. The van der Waals surface area contributed by atoms with Crippen molar-refractivity contribution in [1.82, 2.24) is 10.3 Å². The summed E-state index contributed by atoms with van der Waals surface area (Å²) in [5.74, 6) is 6.50. The lowest BCUT2D eigenvalue weighted by Gasteiger charge is -2.42. The molecule has 1 aliphatic carbocycles. The average molecular weight is 255 g/mol. The lowest BCUT2D eigenvalue weighted by molar-refractivity contribution is -0.0673. The smallest absolute Gasteiger partial charge is 0.0871 e. The summed E-state index contributed by atoms with van der Waals surface area (Å²) in [5.41, 5.74) is 3.05. The van der Waals surface area contributed by atoms with Crippen LogP contribution in [0.2, 0.25) is 0 Å². The highest BCUT2D eigenvalue weighted by Crippen LogP contribution is 2.29. The molecule has 0 amide bonds. The predicted octanol–water partition coefficient (Wildman–Crippen LogP) is 1.51. The zero-order chi connectivity index (χ0) is 13.0. The molecule has 4 heteroatoms. The van der Waals surface area contributed by atoms with Crippen molar-refractivity contribution in [2.75, 3.05) is 19.7 Å². The highest BCUT2D eigenvalue weighted by atomic mass is 16.5. The molecule has 1 aliphatic heterocycles. The van der Waals surface area contributed by atoms with Crippen LogP contribution in [-0.4, -0.2) is 42.8 Å². The molecule has 0 radical (unpaired) electrons. The number of rotatable bonds is 4. The van der Waals surface area contributed by atoms with Crippen molar-refractivity contribution in [1.29, 1.82) is 0 Å². The van der Waals surface area contributed by atoms with Crippen molar-refractivity contribution in [3.05, 3.63) is 0 Å². The number of morpholine rings is 1. The van der Waals surface area contributed by atoms with Crippen LogP contribution in [0.4, 0.5) is 0 Å². The average Bonchev–Trinajstić information content (AvgIpc) is 2.41. The van der Waals surface area contributed by atoms with E-state index in [0.717, 1.165) is 19.7 Å². The molecule has 0 aromatic carbocycles. The second-order valence-corrected chi connectivity index (χ2v) is 6.09. The fourth-order valence-electron chi connectivity index (χ4n) is 3.42. The van der Waals surface area contributed by atoms with Crippen LogP contribution in [0, 0.1) is 5.92 Å². The van der Waals surface area contributed by atoms with Crippen LogP contribution in [0.15, 0.2) is 0 Å². The zero-order valence-corrected chi connectivity index (χ0v) is 11.9. The van der Waals surface area contributed by atoms with Gasteiger partial charge in [-0.05, 0) is 32.6 Å². The Kier molecular flexibility index (Phi) is 5.42. The number of ether oxygens (including phenoxy) is 1. The summed E-state index contributed by atoms with van der Waals surface area (Å²) in [6, 6.07) is 0.924. The van der Waals surface area contributed by atoms with Gasteiger partial charge in [-0.2, -0.15) is 0 Å². The van der Waals surface area contributed by atoms with Crippen LogP contribution < -0.4 is 11.3 Å². The summed E-state index contributed by atoms with van der Waals surface area (Å²) in [5, 5.41) is 0. The van der Waals surface area contributed by atoms with E-state index in [4.69, 9.17) is 10.6 Å². The maximum absolute atomic E-state index is 5.98. The Morgan fingerprint density at radius 2 is 1.94 bits per heavy atom. The summed E-state index contributed by atoms with van der Waals surface area (Å²) in [6.45, 7) is 7.43. The van der Waals surface area contributed by atoms with Gasteiger partial charge in [0.05, 0.1) is 18.8 Å². The number of nitrogens with one attached hydrogen (secondary N) is 1. The Hall–Kier alpha value is -0.160. The minimum absolute atomic E-state index is 0.259. The molecule has 1 saturated heterocycles. The third-order valence-electron chi connectivity index (χ3n) is 4.61. The van der Waals surface area contributed by atoms with Crippen molar-refractivity contribution in [2.45, 2.75) is 64.1 Å². The van der Waals surface area contributed by atoms with E-state index >= 15 is 0 Å². The van der Waals surface area contributed by atoms with E-state index in [1.165, 1.54) is 32.1 Å². The van der Waals surface area contributed by atoms with Crippen LogP contribution in [-0.2, 0) is 4.74 Å². The van der Waals surface area contributed by atoms with Crippen molar-refractivity contribution in [3.8, 4) is 0 Å². The lowest BCUT2D eigenvalue weighted by atomic mass is 9.81. The van der Waals surface area contributed by atoms with Gasteiger partial charge in [0.2, 0.25) is 0 Å². The normalized spacial score (nSPS) is 29.7. The number of nitrogens with zero attached hydrogens (tertiary/aromatic N) is 1. The van der Waals surface area contributed by atoms with E-state index in [1.807, 2.05) is 0 Å². The van der Waals surface area contributed by atoms with Crippen LogP contribution in [0.1, 0.15) is 46.0 Å². The molecule has 3 N–H and O–H groups in total. The molecule has 0 aromatic rings. The Balaban J connectivity index is 1.93. The van der Waals surface area contributed by atoms with E-state index in [9.17, 15) is 0 Å². The van der Waals surface area contributed by atoms with E-state index in [-0.39, 0.29) is 6.10 Å². The third kappa shape index (κ3) is 3.44. The van der Waals surface area contributed by atoms with Crippen molar-refractivity contribution >= 4 is 0 Å². The van der Waals surface area contributed by atoms with Gasteiger partial charge in [-0.3, -0.25) is 16.2 Å². The van der Waals surface area contributed by atoms with Crippen LogP contribution in [0.25, 0.3) is 0 Å². The second-order valence-electron chi connectivity index (χ2n) is 6.09. The zero-order valence-electron chi connectivity index (χ0n) is 11.9. The minimum Gasteiger partial charge on any atom is -0.374 e. The van der Waals surface area contributed by atoms with Gasteiger partial charge in [-0.15, -0.1) is 0 Å². The molecule has 0 bridgehead atoms. The van der Waals surface area contributed by atoms with Crippen molar-refractivity contribution in [2.24, 2.45) is 11.8 Å². The first kappa shape index (κ1) is 14.3. The molecule has 2 fully saturated rings. The number of hydrazine groups is 1. The third-order valence-corrected chi connectivity index (χ3v) is 4.61. The molecule has 2 aliphatic rings. The van der Waals surface area contributed by atoms with Gasteiger partial charge in [0, 0.05) is 19.1 Å². The van der Waals surface area contributed by atoms with Crippen LogP contribution in [0.5, 0.6) is 0 Å². The topological polar surface area (TPSA) is 50.5 Å². The monoisotopic (exact) mass is 255 g/mol. The first-order valence-corrected chi connectivity index (χ1v) is 7.54. The number of nitrogens with two attached hydrogens (primary N) is 1. The van der Waals surface area contributed by atoms with E-state index in [2.05, 4.69) is 24.2 Å². The van der Waals surface area contributed by atoms with Gasteiger partial charge in [0.15, 0.2) is 0 Å². The molecule has 18 heavy (non-hydrogen) atoms. The van der Waals surface area contributed by atoms with Gasteiger partial charge in [-0.1, -0.05) is 19.3 Å². The standard InChI is InChI=1S/C14H29N3O/c1-11(2)17-8-9-18-13(10-17)14(16-15)12-6-4-3-5-7-12/h11-14,16H,3-10,15H2,1-2H3. The van der Waals surface area contributed by atoms with Gasteiger partial charge in [0.1, 0.15) is 0 Å². The van der Waals surface area contributed by atoms with Crippen LogP contribution >= 0.6 is 0 Å². The van der Waals surface area contributed by atoms with Gasteiger partial charge >= 0.3 is 0 Å². The molecule has 0 spiro atoms. The Bertz CT molecular complexity index is 241. The molecule has 2 rings (SSSR count). The van der Waals surface area contributed by atoms with E-state index in [0.29, 0.717) is 18.0 Å². The first-order chi connectivity index (χ1) is 8.72. The van der Waals surface area contributed by atoms with Crippen molar-refractivity contribution in [3.63, 3.8) is 0 Å².